The van der Waals surface area contributed by atoms with Crippen LogP contribution in [0.15, 0.2) is 48.8 Å². The Bertz CT molecular complexity index is 1530. The van der Waals surface area contributed by atoms with Crippen LogP contribution in [-0.4, -0.2) is 31.8 Å². The summed E-state index contributed by atoms with van der Waals surface area (Å²) in [5.74, 6) is -1.77. The van der Waals surface area contributed by atoms with Crippen LogP contribution in [0.4, 0.5) is 37.7 Å². The molecule has 0 saturated carbocycles. The van der Waals surface area contributed by atoms with Crippen LogP contribution in [0.3, 0.4) is 0 Å². The highest BCUT2D eigenvalue weighted by molar-refractivity contribution is 6.25. The van der Waals surface area contributed by atoms with Gasteiger partial charge in [0.25, 0.3) is 11.8 Å². The minimum atomic E-state index is -5.08. The maximum atomic E-state index is 14.1. The van der Waals surface area contributed by atoms with Crippen molar-refractivity contribution in [2.75, 3.05) is 10.6 Å². The largest absolute Gasteiger partial charge is 0.435 e. The number of benzene rings is 2. The third kappa shape index (κ3) is 3.72. The maximum Gasteiger partial charge on any atom is 0.435 e. The molecule has 0 bridgehead atoms. The maximum absolute atomic E-state index is 14.1. The standard InChI is InChI=1S/C21H10F6N6O2/c22-20(23,24)15-6-9(7-28-32-15)30-19(35)12-8-29-33(17(12)21(25,26)27)14-5-4-13-16-10(14)2-1-3-11(16)18(34)31-13/h1-8H,(H,31,34)(H,30,32,35). The zero-order valence-electron chi connectivity index (χ0n) is 17.0. The van der Waals surface area contributed by atoms with E-state index in [-0.39, 0.29) is 16.6 Å². The Hall–Kier alpha value is -4.49. The zero-order valence-corrected chi connectivity index (χ0v) is 17.0. The molecule has 0 unspecified atom stereocenters. The van der Waals surface area contributed by atoms with Crippen molar-refractivity contribution in [3.05, 3.63) is 71.3 Å². The van der Waals surface area contributed by atoms with Crippen LogP contribution < -0.4 is 10.6 Å². The van der Waals surface area contributed by atoms with Gasteiger partial charge >= 0.3 is 12.4 Å². The van der Waals surface area contributed by atoms with E-state index in [4.69, 9.17) is 0 Å². The molecular formula is C21H10F6N6O2. The quantitative estimate of drug-likeness (QED) is 0.405. The summed E-state index contributed by atoms with van der Waals surface area (Å²) in [6, 6.07) is 7.67. The fourth-order valence-electron chi connectivity index (χ4n) is 3.80. The monoisotopic (exact) mass is 492 g/mol. The van der Waals surface area contributed by atoms with E-state index < -0.39 is 46.8 Å². The smallest absolute Gasteiger partial charge is 0.321 e. The molecule has 0 fully saturated rings. The summed E-state index contributed by atoms with van der Waals surface area (Å²) in [5.41, 5.74) is -3.70. The van der Waals surface area contributed by atoms with E-state index in [1.807, 2.05) is 5.32 Å². The van der Waals surface area contributed by atoms with E-state index in [1.54, 1.807) is 0 Å². The lowest BCUT2D eigenvalue weighted by atomic mass is 10.0. The van der Waals surface area contributed by atoms with Gasteiger partial charge in [-0.15, -0.1) is 5.10 Å². The first-order valence-corrected chi connectivity index (χ1v) is 9.69. The summed E-state index contributed by atoms with van der Waals surface area (Å²) in [4.78, 5) is 24.8. The van der Waals surface area contributed by atoms with Crippen LogP contribution in [-0.2, 0) is 12.4 Å². The van der Waals surface area contributed by atoms with Crippen molar-refractivity contribution in [2.45, 2.75) is 12.4 Å². The van der Waals surface area contributed by atoms with E-state index in [0.717, 1.165) is 6.20 Å². The Morgan fingerprint density at radius 1 is 1.00 bits per heavy atom. The van der Waals surface area contributed by atoms with Gasteiger partial charge in [-0.1, -0.05) is 12.1 Å². The van der Waals surface area contributed by atoms with Gasteiger partial charge in [-0.05, 0) is 24.3 Å². The van der Waals surface area contributed by atoms with E-state index in [2.05, 4.69) is 20.6 Å². The first kappa shape index (κ1) is 22.3. The van der Waals surface area contributed by atoms with Crippen molar-refractivity contribution >= 4 is 34.0 Å². The van der Waals surface area contributed by atoms with E-state index in [0.29, 0.717) is 28.0 Å². The molecule has 2 aromatic heterocycles. The first-order chi connectivity index (χ1) is 16.4. The average Bonchev–Trinajstić information content (AvgIpc) is 3.37. The fourth-order valence-corrected chi connectivity index (χ4v) is 3.80. The molecule has 178 valence electrons. The molecule has 0 saturated heterocycles. The van der Waals surface area contributed by atoms with Gasteiger partial charge in [-0.3, -0.25) is 9.59 Å². The second-order valence-electron chi connectivity index (χ2n) is 7.41. The normalized spacial score (nSPS) is 13.3. The van der Waals surface area contributed by atoms with Crippen LogP contribution in [0.25, 0.3) is 16.5 Å². The van der Waals surface area contributed by atoms with Crippen LogP contribution in [0.2, 0.25) is 0 Å². The number of hydrogen-bond acceptors (Lipinski definition) is 5. The molecule has 3 heterocycles. The van der Waals surface area contributed by atoms with E-state index in [9.17, 15) is 35.9 Å². The van der Waals surface area contributed by atoms with E-state index in [1.165, 1.54) is 30.3 Å². The summed E-state index contributed by atoms with van der Waals surface area (Å²) in [6.07, 6.45) is -8.53. The molecule has 0 spiro atoms. The van der Waals surface area contributed by atoms with Gasteiger partial charge in [0, 0.05) is 22.0 Å². The van der Waals surface area contributed by atoms with Gasteiger partial charge in [0.15, 0.2) is 11.4 Å². The summed E-state index contributed by atoms with van der Waals surface area (Å²) >= 11 is 0. The number of amides is 2. The number of halogens is 6. The average molecular weight is 492 g/mol. The SMILES string of the molecule is O=C(Nc1cnnc(C(F)(F)F)c1)c1cnn(-c2ccc3c4c(cccc24)C(=O)N3)c1C(F)(F)F. The molecule has 2 amide bonds. The van der Waals surface area contributed by atoms with Gasteiger partial charge in [-0.25, -0.2) is 4.68 Å². The molecule has 0 atom stereocenters. The number of carbonyl (C=O) groups excluding carboxylic acids is 2. The lowest BCUT2D eigenvalue weighted by molar-refractivity contribution is -0.143. The lowest BCUT2D eigenvalue weighted by Gasteiger charge is -2.15. The van der Waals surface area contributed by atoms with Gasteiger partial charge in [0.1, 0.15) is 0 Å². The molecular weight excluding hydrogens is 482 g/mol. The predicted molar refractivity (Wildman–Crippen MR) is 109 cm³/mol. The summed E-state index contributed by atoms with van der Waals surface area (Å²) in [5, 5.41) is 15.0. The minimum absolute atomic E-state index is 0.0570. The molecule has 8 nitrogen and oxygen atoms in total. The van der Waals surface area contributed by atoms with Crippen molar-refractivity contribution in [1.29, 1.82) is 0 Å². The summed E-state index contributed by atoms with van der Waals surface area (Å²) in [6.45, 7) is 0. The third-order valence-electron chi connectivity index (χ3n) is 5.22. The number of nitrogens with zero attached hydrogens (tertiary/aromatic N) is 4. The molecule has 0 aliphatic carbocycles. The molecule has 4 aromatic rings. The van der Waals surface area contributed by atoms with Gasteiger partial charge < -0.3 is 10.6 Å². The van der Waals surface area contributed by atoms with Crippen molar-refractivity contribution in [3.8, 4) is 5.69 Å². The minimum Gasteiger partial charge on any atom is -0.321 e. The van der Waals surface area contributed by atoms with Gasteiger partial charge in [0.2, 0.25) is 0 Å². The molecule has 14 heteroatoms. The van der Waals surface area contributed by atoms with Crippen LogP contribution in [0.1, 0.15) is 32.1 Å². The predicted octanol–water partition coefficient (Wildman–Crippen LogP) is 4.67. The van der Waals surface area contributed by atoms with Crippen molar-refractivity contribution in [2.24, 2.45) is 0 Å². The highest BCUT2D eigenvalue weighted by atomic mass is 19.4. The molecule has 1 aliphatic heterocycles. The Kier molecular flexibility index (Phi) is 4.79. The molecule has 0 radical (unpaired) electrons. The topological polar surface area (TPSA) is 102 Å². The highest BCUT2D eigenvalue weighted by Crippen LogP contribution is 2.39. The van der Waals surface area contributed by atoms with Crippen LogP contribution >= 0.6 is 0 Å². The van der Waals surface area contributed by atoms with Gasteiger partial charge in [0.05, 0.1) is 29.3 Å². The Morgan fingerprint density at radius 2 is 1.77 bits per heavy atom. The second kappa shape index (κ2) is 7.51. The number of rotatable bonds is 3. The van der Waals surface area contributed by atoms with Crippen molar-refractivity contribution in [3.63, 3.8) is 0 Å². The van der Waals surface area contributed by atoms with Crippen LogP contribution in [0, 0.1) is 0 Å². The summed E-state index contributed by atoms with van der Waals surface area (Å²) in [7, 11) is 0. The number of aromatic nitrogens is 4. The Morgan fingerprint density at radius 3 is 2.49 bits per heavy atom. The third-order valence-corrected chi connectivity index (χ3v) is 5.22. The Labute approximate surface area is 190 Å². The van der Waals surface area contributed by atoms with Crippen LogP contribution in [0.5, 0.6) is 0 Å². The lowest BCUT2D eigenvalue weighted by Crippen LogP contribution is -2.21. The first-order valence-electron chi connectivity index (χ1n) is 9.69. The molecule has 35 heavy (non-hydrogen) atoms. The number of hydrogen-bond donors (Lipinski definition) is 2. The zero-order chi connectivity index (χ0) is 25.1. The number of anilines is 2. The molecule has 1 aliphatic rings. The molecule has 2 N–H and O–H groups in total. The molecule has 2 aromatic carbocycles. The number of carbonyl (C=O) groups is 2. The van der Waals surface area contributed by atoms with E-state index >= 15 is 0 Å². The van der Waals surface area contributed by atoms with Crippen molar-refractivity contribution < 1.29 is 35.9 Å². The number of nitrogens with one attached hydrogen (secondary N) is 2. The highest BCUT2D eigenvalue weighted by Gasteiger charge is 2.41. The molecule has 5 rings (SSSR count). The fraction of sp³-hybridized carbons (Fsp3) is 0.0952. The Balaban J connectivity index is 1.61. The second-order valence-corrected chi connectivity index (χ2v) is 7.41. The van der Waals surface area contributed by atoms with Gasteiger partial charge in [-0.2, -0.15) is 36.5 Å². The van der Waals surface area contributed by atoms with Crippen molar-refractivity contribution in [1.82, 2.24) is 20.0 Å². The summed E-state index contributed by atoms with van der Waals surface area (Å²) < 4.78 is 81.4. The number of alkyl halides is 6.